The molecule has 0 amide bonds. The molecule has 0 aliphatic heterocycles. The minimum atomic E-state index is -0.902. The molecule has 0 aliphatic carbocycles. The van der Waals surface area contributed by atoms with E-state index in [2.05, 4.69) is 15.0 Å². The summed E-state index contributed by atoms with van der Waals surface area (Å²) < 4.78 is 0. The zero-order chi connectivity index (χ0) is 16.3. The topological polar surface area (TPSA) is 178 Å². The smallest absolute Gasteiger partial charge is 0.234 e. The highest BCUT2D eigenvalue weighted by molar-refractivity contribution is 5.41. The maximum atomic E-state index is 10.7. The molecule has 1 heterocycles. The van der Waals surface area contributed by atoms with Crippen molar-refractivity contribution in [2.75, 3.05) is 36.2 Å². The van der Waals surface area contributed by atoms with Crippen LogP contribution >= 0.6 is 0 Å². The van der Waals surface area contributed by atoms with Gasteiger partial charge in [-0.05, 0) is 0 Å². The fraction of sp³-hybridized carbons (Fsp3) is 0.500. The van der Waals surface area contributed by atoms with Crippen LogP contribution in [0.4, 0.5) is 17.8 Å². The van der Waals surface area contributed by atoms with Crippen LogP contribution in [-0.4, -0.2) is 51.2 Å². The van der Waals surface area contributed by atoms with Crippen molar-refractivity contribution in [3.8, 4) is 0 Å². The largest absolute Gasteiger partial charge is 0.294 e. The molecule has 0 unspecified atom stereocenters. The van der Waals surface area contributed by atoms with Gasteiger partial charge in [0.15, 0.2) is 15.1 Å². The Balaban J connectivity index is 3.42. The van der Waals surface area contributed by atoms with Gasteiger partial charge in [-0.25, -0.2) is 30.3 Å². The van der Waals surface area contributed by atoms with Gasteiger partial charge in [-0.15, -0.1) is 0 Å². The molecule has 0 saturated carbocycles. The predicted octanol–water partition coefficient (Wildman–Crippen LogP) is -1.24. The molecule has 21 heavy (non-hydrogen) atoms. The first-order chi connectivity index (χ1) is 9.65. The number of anilines is 3. The van der Waals surface area contributed by atoms with E-state index in [-0.39, 0.29) is 0 Å². The van der Waals surface area contributed by atoms with Gasteiger partial charge in [0.1, 0.15) is 0 Å². The van der Waals surface area contributed by atoms with Crippen molar-refractivity contribution in [2.24, 2.45) is 0 Å². The number of hydrazine groups is 3. The van der Waals surface area contributed by atoms with Crippen LogP contribution in [0.5, 0.6) is 0 Å². The molecule has 15 nitrogen and oxygen atoms in total. The number of rotatable bonds is 6. The maximum absolute atomic E-state index is 10.7. The van der Waals surface area contributed by atoms with E-state index in [0.29, 0.717) is 15.0 Å². The molecule has 0 N–H and O–H groups in total. The third-order valence-corrected chi connectivity index (χ3v) is 2.20. The molecule has 0 bridgehead atoms. The summed E-state index contributed by atoms with van der Waals surface area (Å²) in [7, 11) is 2.92. The van der Waals surface area contributed by atoms with Gasteiger partial charge in [0.05, 0.1) is 21.1 Å². The Hall–Kier alpha value is -3.39. The number of nitrogens with zero attached hydrogens (tertiary/aromatic N) is 9. The van der Waals surface area contributed by atoms with Crippen molar-refractivity contribution >= 4 is 17.8 Å². The van der Waals surface area contributed by atoms with Crippen LogP contribution in [0.25, 0.3) is 0 Å². The molecule has 0 radical (unpaired) electrons. The summed E-state index contributed by atoms with van der Waals surface area (Å²) in [6, 6.07) is 0. The molecule has 0 fully saturated rings. The van der Waals surface area contributed by atoms with Crippen molar-refractivity contribution in [1.29, 1.82) is 0 Å². The molecule has 1 aromatic heterocycles. The lowest BCUT2D eigenvalue weighted by Crippen LogP contribution is -2.33. The molecule has 1 aromatic rings. The molecule has 0 atom stereocenters. The SMILES string of the molecule is CN(c1nc(N(C)[N+](=O)[O-])nc(N(C)[N+](=O)[O-])n1)[N+](=O)[O-]. The molecule has 1 rings (SSSR count). The average Bonchev–Trinajstić information content (AvgIpc) is 2.43. The second kappa shape index (κ2) is 5.72. The van der Waals surface area contributed by atoms with Gasteiger partial charge in [-0.1, -0.05) is 15.0 Å². The Bertz CT molecular complexity index is 499. The predicted molar refractivity (Wildman–Crippen MR) is 66.0 cm³/mol. The summed E-state index contributed by atoms with van der Waals surface area (Å²) in [5.74, 6) is -1.78. The first kappa shape index (κ1) is 15.7. The highest BCUT2D eigenvalue weighted by Gasteiger charge is 2.26. The lowest BCUT2D eigenvalue weighted by molar-refractivity contribution is -0.494. The van der Waals surface area contributed by atoms with Gasteiger partial charge < -0.3 is 0 Å². The molecule has 0 aliphatic rings. The molecule has 114 valence electrons. The molecular formula is C6H9N9O6. The quantitative estimate of drug-likeness (QED) is 0.451. The first-order valence-corrected chi connectivity index (χ1v) is 5.05. The van der Waals surface area contributed by atoms with E-state index >= 15 is 0 Å². The molecule has 15 heteroatoms. The normalized spacial score (nSPS) is 9.86. The first-order valence-electron chi connectivity index (χ1n) is 5.05. The Morgan fingerprint density at radius 1 is 0.667 bits per heavy atom. The minimum Gasteiger partial charge on any atom is -0.234 e. The number of nitro groups is 3. The monoisotopic (exact) mass is 303 g/mol. The highest BCUT2D eigenvalue weighted by Crippen LogP contribution is 2.17. The third-order valence-electron chi connectivity index (χ3n) is 2.20. The van der Waals surface area contributed by atoms with E-state index in [0.717, 1.165) is 21.1 Å². The van der Waals surface area contributed by atoms with Gasteiger partial charge in [0.2, 0.25) is 0 Å². The highest BCUT2D eigenvalue weighted by atomic mass is 16.7. The van der Waals surface area contributed by atoms with Crippen LogP contribution in [-0.2, 0) is 0 Å². The van der Waals surface area contributed by atoms with Gasteiger partial charge in [-0.2, -0.15) is 15.0 Å². The second-order valence-corrected chi connectivity index (χ2v) is 3.52. The molecule has 0 spiro atoms. The van der Waals surface area contributed by atoms with E-state index in [4.69, 9.17) is 0 Å². The lowest BCUT2D eigenvalue weighted by Gasteiger charge is -2.12. The number of hydrogen-bond donors (Lipinski definition) is 0. The molecular weight excluding hydrogens is 294 g/mol. The Labute approximate surface area is 115 Å². The van der Waals surface area contributed by atoms with Gasteiger partial charge in [0.25, 0.3) is 17.8 Å². The summed E-state index contributed by atoms with van der Waals surface area (Å²) in [6.07, 6.45) is 0. The van der Waals surface area contributed by atoms with E-state index in [1.54, 1.807) is 0 Å². The summed E-state index contributed by atoms with van der Waals surface area (Å²) in [6.45, 7) is 0. The van der Waals surface area contributed by atoms with Gasteiger partial charge in [-0.3, -0.25) is 0 Å². The number of hydrogen-bond acceptors (Lipinski definition) is 9. The van der Waals surface area contributed by atoms with Crippen molar-refractivity contribution in [3.05, 3.63) is 30.3 Å². The average molecular weight is 303 g/mol. The Morgan fingerprint density at radius 3 is 1.00 bits per heavy atom. The number of aromatic nitrogens is 3. The van der Waals surface area contributed by atoms with E-state index in [1.165, 1.54) is 0 Å². The van der Waals surface area contributed by atoms with Crippen molar-refractivity contribution < 1.29 is 15.1 Å². The molecule has 0 saturated heterocycles. The van der Waals surface area contributed by atoms with E-state index in [1.807, 2.05) is 0 Å². The Morgan fingerprint density at radius 2 is 0.857 bits per heavy atom. The second-order valence-electron chi connectivity index (χ2n) is 3.52. The van der Waals surface area contributed by atoms with Gasteiger partial charge >= 0.3 is 0 Å². The summed E-state index contributed by atoms with van der Waals surface area (Å²) in [5, 5.41) is 30.3. The summed E-state index contributed by atoms with van der Waals surface area (Å²) in [5.41, 5.74) is 0. The van der Waals surface area contributed by atoms with Crippen molar-refractivity contribution in [1.82, 2.24) is 15.0 Å². The van der Waals surface area contributed by atoms with E-state index < -0.39 is 32.9 Å². The lowest BCUT2D eigenvalue weighted by atomic mass is 10.7. The molecule has 0 aromatic carbocycles. The van der Waals surface area contributed by atoms with Crippen LogP contribution in [0.15, 0.2) is 0 Å². The zero-order valence-electron chi connectivity index (χ0n) is 11.0. The van der Waals surface area contributed by atoms with Crippen LogP contribution in [0.1, 0.15) is 0 Å². The van der Waals surface area contributed by atoms with E-state index in [9.17, 15) is 30.3 Å². The summed E-state index contributed by atoms with van der Waals surface area (Å²) >= 11 is 0. The Kier molecular flexibility index (Phi) is 4.26. The van der Waals surface area contributed by atoms with Crippen LogP contribution < -0.4 is 15.0 Å². The summed E-state index contributed by atoms with van der Waals surface area (Å²) in [4.78, 5) is 42.5. The zero-order valence-corrected chi connectivity index (χ0v) is 11.0. The van der Waals surface area contributed by atoms with Crippen molar-refractivity contribution in [2.45, 2.75) is 0 Å². The third kappa shape index (κ3) is 3.33. The fourth-order valence-electron chi connectivity index (χ4n) is 0.997. The van der Waals surface area contributed by atoms with Crippen LogP contribution in [0.3, 0.4) is 0 Å². The van der Waals surface area contributed by atoms with Crippen LogP contribution in [0, 0.1) is 30.3 Å². The van der Waals surface area contributed by atoms with Crippen molar-refractivity contribution in [3.63, 3.8) is 0 Å². The maximum Gasteiger partial charge on any atom is 0.294 e. The standard InChI is InChI=1S/C6H9N9O6/c1-10(13(16)17)4-7-5(11(2)14(18)19)9-6(8-4)12(3)15(20)21/h1-3H3. The fourth-order valence-corrected chi connectivity index (χ4v) is 0.997. The van der Waals surface area contributed by atoms with Crippen LogP contribution in [0.2, 0.25) is 0 Å². The minimum absolute atomic E-state index is 0.344. The van der Waals surface area contributed by atoms with Gasteiger partial charge in [0, 0.05) is 0 Å².